The Morgan fingerprint density at radius 3 is 0.528 bits per heavy atom. The number of hydrogen-bond donors (Lipinski definition) is 0. The van der Waals surface area contributed by atoms with E-state index in [9.17, 15) is 0 Å². The van der Waals surface area contributed by atoms with E-state index in [1.807, 2.05) is 0 Å². The second-order valence-electron chi connectivity index (χ2n) is 21.0. The van der Waals surface area contributed by atoms with Crippen LogP contribution < -0.4 is 0 Å². The van der Waals surface area contributed by atoms with E-state index in [2.05, 4.69) is 166 Å². The molecule has 0 saturated carbocycles. The molecule has 1 saturated heterocycles. The van der Waals surface area contributed by atoms with Gasteiger partial charge in [0.05, 0.1) is 0 Å². The van der Waals surface area contributed by atoms with Crippen molar-refractivity contribution in [3.63, 3.8) is 0 Å². The summed E-state index contributed by atoms with van der Waals surface area (Å²) in [5.41, 5.74) is 0.950. The van der Waals surface area contributed by atoms with Crippen LogP contribution in [0.25, 0.3) is 0 Å². The Bertz CT molecular complexity index is 595. The van der Waals surface area contributed by atoms with E-state index in [-0.39, 0.29) is 51.6 Å². The Morgan fingerprint density at radius 1 is 0.278 bits per heavy atom. The van der Waals surface area contributed by atoms with Gasteiger partial charge in [0, 0.05) is 0 Å². The normalized spacial score (nSPS) is 23.3. The van der Waals surface area contributed by atoms with Crippen molar-refractivity contribution in [2.75, 3.05) is 0 Å². The summed E-state index contributed by atoms with van der Waals surface area (Å²) in [6, 6.07) is 0. The van der Waals surface area contributed by atoms with E-state index in [1.165, 1.54) is 0 Å². The fourth-order valence-electron chi connectivity index (χ4n) is 14.6. The molecule has 0 unspecified atom stereocenters. The SMILES string of the molecule is CC(C)(C)C1(C(C)(C)C)[C](C(C)(C)C)(C(C)(C)C)[Sn]([C](C)(C)C)([C](C)(C)C)[C]1(C(C)(C)C)C(C)(C)C. The fraction of sp³-hybridized carbons (Fsp3) is 1.00. The Labute approximate surface area is 235 Å². The minimum absolute atomic E-state index is 0.101. The van der Waals surface area contributed by atoms with Gasteiger partial charge in [0.2, 0.25) is 0 Å². The van der Waals surface area contributed by atoms with Crippen LogP contribution in [-0.2, 0) is 0 Å². The van der Waals surface area contributed by atoms with Crippen molar-refractivity contribution in [3.8, 4) is 0 Å². The van der Waals surface area contributed by atoms with Crippen LogP contribution in [0.15, 0.2) is 0 Å². The molecule has 0 amide bonds. The van der Waals surface area contributed by atoms with Crippen LogP contribution in [0.2, 0.25) is 13.7 Å². The summed E-state index contributed by atoms with van der Waals surface area (Å²) >= 11 is -3.64. The monoisotopic (exact) mass is 612 g/mol. The fourth-order valence-corrected chi connectivity index (χ4v) is 56.3. The maximum atomic E-state index is 2.70. The molecule has 0 spiro atoms. The third-order valence-electron chi connectivity index (χ3n) is 11.2. The molecular weight excluding hydrogens is 539 g/mol. The zero-order valence-corrected chi connectivity index (χ0v) is 32.9. The topological polar surface area (TPSA) is 0 Å². The summed E-state index contributed by atoms with van der Waals surface area (Å²) in [6.07, 6.45) is 0. The first-order valence-corrected chi connectivity index (χ1v) is 20.7. The Kier molecular flexibility index (Phi) is 7.91. The molecule has 0 radical (unpaired) electrons. The number of hydrogen-bond acceptors (Lipinski definition) is 0. The quantitative estimate of drug-likeness (QED) is 0.239. The van der Waals surface area contributed by atoms with Gasteiger partial charge in [-0.15, -0.1) is 0 Å². The minimum atomic E-state index is -3.64. The molecule has 216 valence electrons. The van der Waals surface area contributed by atoms with Gasteiger partial charge < -0.3 is 0 Å². The average Bonchev–Trinajstić information content (AvgIpc) is 2.32. The maximum absolute atomic E-state index is 3.64. The van der Waals surface area contributed by atoms with E-state index >= 15 is 0 Å². The van der Waals surface area contributed by atoms with Crippen LogP contribution in [0, 0.1) is 37.9 Å². The second kappa shape index (κ2) is 8.18. The standard InChI is InChI=1S/C27H54.2C4H9.Sn/c1-21(2,3)19(22(4,5)6)27(25(13,14)15,26(16,17)18)20(23(7,8)9)24(10,11)12;2*1-4(2)3;/h1-18H3;2*1-3H3;. The van der Waals surface area contributed by atoms with Gasteiger partial charge in [0.15, 0.2) is 0 Å². The molecule has 1 aliphatic rings. The third-order valence-corrected chi connectivity index (χ3v) is 41.2. The summed E-state index contributed by atoms with van der Waals surface area (Å²) in [7, 11) is 0. The van der Waals surface area contributed by atoms with E-state index < -0.39 is 18.4 Å². The van der Waals surface area contributed by atoms with Gasteiger partial charge in [0.25, 0.3) is 0 Å². The zero-order chi connectivity index (χ0) is 30.0. The van der Waals surface area contributed by atoms with Gasteiger partial charge >= 0.3 is 236 Å². The first kappa shape index (κ1) is 34.8. The van der Waals surface area contributed by atoms with Crippen molar-refractivity contribution in [2.24, 2.45) is 37.9 Å². The molecule has 1 aliphatic heterocycles. The molecule has 0 aromatic heterocycles. The van der Waals surface area contributed by atoms with Crippen LogP contribution in [0.4, 0.5) is 0 Å². The van der Waals surface area contributed by atoms with Crippen molar-refractivity contribution in [1.82, 2.24) is 0 Å². The summed E-state index contributed by atoms with van der Waals surface area (Å²) in [6.45, 7) is 63.9. The van der Waals surface area contributed by atoms with Crippen molar-refractivity contribution < 1.29 is 0 Å². The van der Waals surface area contributed by atoms with E-state index in [4.69, 9.17) is 0 Å². The van der Waals surface area contributed by atoms with Crippen LogP contribution in [0.3, 0.4) is 0 Å². The van der Waals surface area contributed by atoms with Crippen LogP contribution in [0.5, 0.6) is 0 Å². The molecule has 0 aromatic rings. The molecule has 0 atom stereocenters. The van der Waals surface area contributed by atoms with E-state index in [1.54, 1.807) is 0 Å². The zero-order valence-electron chi connectivity index (χ0n) is 30.0. The van der Waals surface area contributed by atoms with Crippen molar-refractivity contribution >= 4 is 18.4 Å². The van der Waals surface area contributed by atoms with Crippen LogP contribution >= 0.6 is 0 Å². The molecule has 1 fully saturated rings. The van der Waals surface area contributed by atoms with Gasteiger partial charge in [-0.2, -0.15) is 0 Å². The molecule has 0 bridgehead atoms. The predicted molar refractivity (Wildman–Crippen MR) is 170 cm³/mol. The van der Waals surface area contributed by atoms with Gasteiger partial charge in [-0.1, -0.05) is 0 Å². The van der Waals surface area contributed by atoms with E-state index in [0.717, 1.165) is 0 Å². The van der Waals surface area contributed by atoms with Crippen molar-refractivity contribution in [1.29, 1.82) is 0 Å². The summed E-state index contributed by atoms with van der Waals surface area (Å²) in [5, 5.41) is 0. The number of rotatable bonds is 0. The van der Waals surface area contributed by atoms with Crippen molar-refractivity contribution in [2.45, 2.75) is 180 Å². The molecule has 1 rings (SSSR count). The molecular formula is C35H72Sn. The summed E-state index contributed by atoms with van der Waals surface area (Å²) < 4.78 is 0.979. The Hall–Kier alpha value is 0.799. The first-order valence-electron chi connectivity index (χ1n) is 15.0. The first-order chi connectivity index (χ1) is 15.0. The van der Waals surface area contributed by atoms with E-state index in [0.29, 0.717) is 0 Å². The van der Waals surface area contributed by atoms with Gasteiger partial charge in [-0.05, 0) is 0 Å². The molecule has 0 aliphatic carbocycles. The van der Waals surface area contributed by atoms with Crippen LogP contribution in [0.1, 0.15) is 166 Å². The average molecular weight is 612 g/mol. The molecule has 0 nitrogen and oxygen atoms in total. The molecule has 0 N–H and O–H groups in total. The van der Waals surface area contributed by atoms with Gasteiger partial charge in [-0.25, -0.2) is 0 Å². The summed E-state index contributed by atoms with van der Waals surface area (Å²) in [5.74, 6) is 0. The Morgan fingerprint density at radius 2 is 0.444 bits per heavy atom. The molecule has 36 heavy (non-hydrogen) atoms. The van der Waals surface area contributed by atoms with Crippen LogP contribution in [-0.4, -0.2) is 18.4 Å². The predicted octanol–water partition coefficient (Wildman–Crippen LogP) is 12.8. The summed E-state index contributed by atoms with van der Waals surface area (Å²) in [4.78, 5) is 0. The Balaban J connectivity index is 5.33. The third kappa shape index (κ3) is 3.36. The van der Waals surface area contributed by atoms with Gasteiger partial charge in [-0.3, -0.25) is 0 Å². The van der Waals surface area contributed by atoms with Crippen molar-refractivity contribution in [3.05, 3.63) is 0 Å². The van der Waals surface area contributed by atoms with Gasteiger partial charge in [0.1, 0.15) is 0 Å². The second-order valence-corrected chi connectivity index (χ2v) is 38.1. The molecule has 1 heteroatoms. The molecule has 0 aromatic carbocycles. The molecule has 1 heterocycles.